The normalized spacial score (nSPS) is 16.1. The van der Waals surface area contributed by atoms with E-state index in [9.17, 15) is 18.8 Å². The van der Waals surface area contributed by atoms with E-state index in [-0.39, 0.29) is 49.5 Å². The summed E-state index contributed by atoms with van der Waals surface area (Å²) in [7, 11) is 0. The number of amides is 3. The van der Waals surface area contributed by atoms with Crippen LogP contribution >= 0.6 is 11.3 Å². The molecule has 9 heteroatoms. The van der Waals surface area contributed by atoms with Crippen molar-refractivity contribution in [1.82, 2.24) is 10.3 Å². The monoisotopic (exact) mass is 426 g/mol. The fourth-order valence-corrected chi connectivity index (χ4v) is 4.19. The predicted octanol–water partition coefficient (Wildman–Crippen LogP) is 2.93. The van der Waals surface area contributed by atoms with Gasteiger partial charge in [0, 0.05) is 31.6 Å². The zero-order valence-corrected chi connectivity index (χ0v) is 16.7. The smallest absolute Gasteiger partial charge is 0.227 e. The van der Waals surface area contributed by atoms with Crippen molar-refractivity contribution in [3.05, 3.63) is 54.3 Å². The number of nitrogens with zero attached hydrogens (tertiary/aromatic N) is 2. The molecule has 7 nitrogen and oxygen atoms in total. The lowest BCUT2D eigenvalue weighted by Crippen LogP contribution is -2.34. The van der Waals surface area contributed by atoms with Crippen LogP contribution in [0, 0.1) is 11.7 Å². The van der Waals surface area contributed by atoms with Crippen LogP contribution in [0.5, 0.6) is 0 Å². The Kier molecular flexibility index (Phi) is 5.71. The lowest BCUT2D eigenvalue weighted by atomic mass is 10.1. The Labute approximate surface area is 175 Å². The Bertz CT molecular complexity index is 1070. The van der Waals surface area contributed by atoms with Crippen molar-refractivity contribution < 1.29 is 18.8 Å². The van der Waals surface area contributed by atoms with Gasteiger partial charge in [0.15, 0.2) is 5.13 Å². The van der Waals surface area contributed by atoms with Gasteiger partial charge in [-0.15, -0.1) is 0 Å². The van der Waals surface area contributed by atoms with Crippen molar-refractivity contribution in [3.63, 3.8) is 0 Å². The number of anilines is 2. The highest BCUT2D eigenvalue weighted by molar-refractivity contribution is 7.22. The number of rotatable bonds is 6. The molecule has 0 radical (unpaired) electrons. The summed E-state index contributed by atoms with van der Waals surface area (Å²) in [6, 6.07) is 13.2. The second-order valence-electron chi connectivity index (χ2n) is 6.96. The summed E-state index contributed by atoms with van der Waals surface area (Å²) in [5, 5.41) is 5.97. The molecular weight excluding hydrogens is 407 g/mol. The van der Waals surface area contributed by atoms with Crippen molar-refractivity contribution in [2.24, 2.45) is 5.92 Å². The van der Waals surface area contributed by atoms with Crippen LogP contribution < -0.4 is 15.5 Å². The highest BCUT2D eigenvalue weighted by Gasteiger charge is 2.35. The van der Waals surface area contributed by atoms with Crippen molar-refractivity contribution in [2.45, 2.75) is 12.8 Å². The van der Waals surface area contributed by atoms with Gasteiger partial charge >= 0.3 is 0 Å². The van der Waals surface area contributed by atoms with E-state index in [1.54, 1.807) is 0 Å². The quantitative estimate of drug-likeness (QED) is 0.634. The molecule has 30 heavy (non-hydrogen) atoms. The number of hydrogen-bond acceptors (Lipinski definition) is 5. The summed E-state index contributed by atoms with van der Waals surface area (Å²) in [5.41, 5.74) is 1.38. The van der Waals surface area contributed by atoms with Crippen molar-refractivity contribution >= 4 is 50.1 Å². The van der Waals surface area contributed by atoms with E-state index in [4.69, 9.17) is 0 Å². The lowest BCUT2D eigenvalue weighted by Gasteiger charge is -2.16. The maximum atomic E-state index is 13.1. The Balaban J connectivity index is 1.25. The molecule has 0 unspecified atom stereocenters. The van der Waals surface area contributed by atoms with Crippen LogP contribution in [-0.4, -0.2) is 35.8 Å². The molecule has 2 heterocycles. The molecule has 1 aromatic heterocycles. The number of hydrogen-bond donors (Lipinski definition) is 2. The van der Waals surface area contributed by atoms with Gasteiger partial charge in [-0.2, -0.15) is 0 Å². The van der Waals surface area contributed by atoms with Gasteiger partial charge in [-0.1, -0.05) is 23.5 Å². The molecule has 1 atom stereocenters. The van der Waals surface area contributed by atoms with E-state index in [0.717, 1.165) is 10.2 Å². The van der Waals surface area contributed by atoms with E-state index in [1.807, 2.05) is 24.3 Å². The second kappa shape index (κ2) is 8.58. The van der Waals surface area contributed by atoms with E-state index in [0.29, 0.717) is 10.8 Å². The summed E-state index contributed by atoms with van der Waals surface area (Å²) < 4.78 is 14.1. The number of fused-ring (bicyclic) bond motifs is 1. The molecule has 1 fully saturated rings. The standard InChI is InChI=1S/C21H19FN4O3S/c22-14-5-7-15(8-6-14)26-12-13(11-19(26)28)20(29)23-10-9-18(27)25-21-24-16-3-1-2-4-17(16)30-21/h1-8,13H,9-12H2,(H,23,29)(H,24,25,27)/t13-/m1/s1. The fraction of sp³-hybridized carbons (Fsp3) is 0.238. The maximum absolute atomic E-state index is 13.1. The largest absolute Gasteiger partial charge is 0.355 e. The van der Waals surface area contributed by atoms with E-state index in [2.05, 4.69) is 15.6 Å². The van der Waals surface area contributed by atoms with E-state index >= 15 is 0 Å². The summed E-state index contributed by atoms with van der Waals surface area (Å²) >= 11 is 1.39. The van der Waals surface area contributed by atoms with Crippen LogP contribution in [0.25, 0.3) is 10.2 Å². The number of nitrogens with one attached hydrogen (secondary N) is 2. The van der Waals surface area contributed by atoms with Gasteiger partial charge in [-0.25, -0.2) is 9.37 Å². The summed E-state index contributed by atoms with van der Waals surface area (Å²) in [5.74, 6) is -1.60. The first-order valence-corrected chi connectivity index (χ1v) is 10.3. The fourth-order valence-electron chi connectivity index (χ4n) is 3.30. The zero-order chi connectivity index (χ0) is 21.1. The molecule has 4 rings (SSSR count). The zero-order valence-electron chi connectivity index (χ0n) is 15.9. The van der Waals surface area contributed by atoms with Gasteiger partial charge < -0.3 is 15.5 Å². The SMILES string of the molecule is O=C(CCNC(=O)[C@@H]1CC(=O)N(c2ccc(F)cc2)C1)Nc1nc2ccccc2s1. The topological polar surface area (TPSA) is 91.4 Å². The first-order valence-electron chi connectivity index (χ1n) is 9.48. The predicted molar refractivity (Wildman–Crippen MR) is 113 cm³/mol. The summed E-state index contributed by atoms with van der Waals surface area (Å²) in [6.45, 7) is 0.394. The number of thiazole rings is 1. The molecule has 3 amide bonds. The van der Waals surface area contributed by atoms with Crippen molar-refractivity contribution in [1.29, 1.82) is 0 Å². The van der Waals surface area contributed by atoms with Gasteiger partial charge in [-0.3, -0.25) is 14.4 Å². The third kappa shape index (κ3) is 4.46. The number of carbonyl (C=O) groups is 3. The Morgan fingerprint density at radius 2 is 1.93 bits per heavy atom. The van der Waals surface area contributed by atoms with Crippen LogP contribution in [0.3, 0.4) is 0 Å². The molecule has 0 aliphatic carbocycles. The molecule has 2 aromatic carbocycles. The molecule has 0 saturated carbocycles. The average molecular weight is 426 g/mol. The third-order valence-corrected chi connectivity index (χ3v) is 5.78. The van der Waals surface area contributed by atoms with Gasteiger partial charge in [0.05, 0.1) is 16.1 Å². The summed E-state index contributed by atoms with van der Waals surface area (Å²) in [6.07, 6.45) is 0.186. The Hall–Kier alpha value is -3.33. The first-order chi connectivity index (χ1) is 14.5. The molecular formula is C21H19FN4O3S. The molecule has 154 valence electrons. The van der Waals surface area contributed by atoms with Crippen LogP contribution in [0.15, 0.2) is 48.5 Å². The Morgan fingerprint density at radius 1 is 1.17 bits per heavy atom. The first kappa shape index (κ1) is 20.0. The van der Waals surface area contributed by atoms with Crippen LogP contribution in [0.1, 0.15) is 12.8 Å². The second-order valence-corrected chi connectivity index (χ2v) is 7.99. The van der Waals surface area contributed by atoms with E-state index in [1.165, 1.54) is 40.5 Å². The Morgan fingerprint density at radius 3 is 2.70 bits per heavy atom. The lowest BCUT2D eigenvalue weighted by molar-refractivity contribution is -0.126. The highest BCUT2D eigenvalue weighted by atomic mass is 32.1. The molecule has 1 saturated heterocycles. The number of halogens is 1. The van der Waals surface area contributed by atoms with Crippen molar-refractivity contribution in [3.8, 4) is 0 Å². The molecule has 1 aliphatic heterocycles. The highest BCUT2D eigenvalue weighted by Crippen LogP contribution is 2.26. The van der Waals surface area contributed by atoms with Gasteiger partial charge in [-0.05, 0) is 36.4 Å². The van der Waals surface area contributed by atoms with Crippen LogP contribution in [-0.2, 0) is 14.4 Å². The van der Waals surface area contributed by atoms with E-state index < -0.39 is 5.92 Å². The number of benzene rings is 2. The number of carbonyl (C=O) groups excluding carboxylic acids is 3. The van der Waals surface area contributed by atoms with Crippen molar-refractivity contribution in [2.75, 3.05) is 23.3 Å². The molecule has 2 N–H and O–H groups in total. The number of aromatic nitrogens is 1. The minimum atomic E-state index is -0.505. The molecule has 0 bridgehead atoms. The minimum absolute atomic E-state index is 0.0844. The number of para-hydroxylation sites is 1. The summed E-state index contributed by atoms with van der Waals surface area (Å²) in [4.78, 5) is 42.5. The molecule has 1 aliphatic rings. The molecule has 3 aromatic rings. The maximum Gasteiger partial charge on any atom is 0.227 e. The average Bonchev–Trinajstić information content (AvgIpc) is 3.31. The van der Waals surface area contributed by atoms with Gasteiger partial charge in [0.1, 0.15) is 5.82 Å². The third-order valence-electron chi connectivity index (χ3n) is 4.83. The van der Waals surface area contributed by atoms with Gasteiger partial charge in [0.25, 0.3) is 0 Å². The minimum Gasteiger partial charge on any atom is -0.355 e. The molecule has 0 spiro atoms. The van der Waals surface area contributed by atoms with Crippen LogP contribution in [0.4, 0.5) is 15.2 Å². The van der Waals surface area contributed by atoms with Gasteiger partial charge in [0.2, 0.25) is 17.7 Å². The van der Waals surface area contributed by atoms with Crippen LogP contribution in [0.2, 0.25) is 0 Å².